The first-order chi connectivity index (χ1) is 7.03. The van der Waals surface area contributed by atoms with Gasteiger partial charge in [-0.25, -0.2) is 4.98 Å². The van der Waals surface area contributed by atoms with Crippen LogP contribution in [0, 0.1) is 0 Å². The number of anilines is 1. The summed E-state index contributed by atoms with van der Waals surface area (Å²) in [6, 6.07) is 3.55. The lowest BCUT2D eigenvalue weighted by molar-refractivity contribution is 0.0996. The summed E-state index contributed by atoms with van der Waals surface area (Å²) in [4.78, 5) is 4.08. The fourth-order valence-corrected chi connectivity index (χ4v) is 1.96. The van der Waals surface area contributed by atoms with Crippen LogP contribution in [0.1, 0.15) is 6.92 Å². The molecule has 0 aliphatic carbocycles. The molecule has 3 nitrogen and oxygen atoms in total. The lowest BCUT2D eigenvalue weighted by Gasteiger charge is -2.22. The van der Waals surface area contributed by atoms with E-state index in [9.17, 15) is 5.11 Å². The van der Waals surface area contributed by atoms with Crippen LogP contribution in [0.5, 0.6) is 0 Å². The van der Waals surface area contributed by atoms with Crippen LogP contribution in [0.15, 0.2) is 18.3 Å². The Morgan fingerprint density at radius 3 is 2.87 bits per heavy atom. The van der Waals surface area contributed by atoms with E-state index in [4.69, 9.17) is 11.6 Å². The van der Waals surface area contributed by atoms with E-state index in [0.717, 1.165) is 5.82 Å². The van der Waals surface area contributed by atoms with E-state index >= 15 is 0 Å². The first-order valence-electron chi connectivity index (χ1n) is 4.60. The number of thioether (sulfide) groups is 1. The Balaban J connectivity index is 2.46. The Kier molecular flexibility index (Phi) is 4.70. The lowest BCUT2D eigenvalue weighted by atomic mass is 10.1. The van der Waals surface area contributed by atoms with Gasteiger partial charge >= 0.3 is 0 Å². The molecule has 0 spiro atoms. The van der Waals surface area contributed by atoms with Crippen LogP contribution in [0.3, 0.4) is 0 Å². The quantitative estimate of drug-likeness (QED) is 0.837. The van der Waals surface area contributed by atoms with E-state index in [1.165, 1.54) is 0 Å². The number of hydrogen-bond acceptors (Lipinski definition) is 4. The highest BCUT2D eigenvalue weighted by atomic mass is 35.5. The van der Waals surface area contributed by atoms with Crippen LogP contribution >= 0.6 is 23.4 Å². The lowest BCUT2D eigenvalue weighted by Crippen LogP contribution is -2.36. The second kappa shape index (κ2) is 5.58. The maximum atomic E-state index is 9.89. The number of hydrogen-bond donors (Lipinski definition) is 2. The molecule has 1 aromatic rings. The monoisotopic (exact) mass is 246 g/mol. The van der Waals surface area contributed by atoms with E-state index in [1.54, 1.807) is 37.0 Å². The van der Waals surface area contributed by atoms with Crippen molar-refractivity contribution in [2.45, 2.75) is 12.5 Å². The normalized spacial score (nSPS) is 14.7. The van der Waals surface area contributed by atoms with Crippen molar-refractivity contribution in [2.75, 3.05) is 23.9 Å². The molecule has 84 valence electrons. The zero-order chi connectivity index (χ0) is 11.3. The predicted molar refractivity (Wildman–Crippen MR) is 66.7 cm³/mol. The SMILES string of the molecule is CSC[C@](C)(O)CNc1ccc(Cl)cn1. The van der Waals surface area contributed by atoms with Crippen molar-refractivity contribution in [3.63, 3.8) is 0 Å². The first-order valence-corrected chi connectivity index (χ1v) is 6.37. The Hall–Kier alpha value is -0.450. The van der Waals surface area contributed by atoms with Gasteiger partial charge in [0.15, 0.2) is 0 Å². The number of nitrogens with one attached hydrogen (secondary N) is 1. The molecule has 1 aromatic heterocycles. The number of aromatic nitrogens is 1. The van der Waals surface area contributed by atoms with Crippen LogP contribution in [-0.4, -0.2) is 34.2 Å². The van der Waals surface area contributed by atoms with E-state index < -0.39 is 5.60 Å². The van der Waals surface area contributed by atoms with Gasteiger partial charge in [-0.3, -0.25) is 0 Å². The molecule has 0 saturated heterocycles. The van der Waals surface area contributed by atoms with Gasteiger partial charge in [0, 0.05) is 18.5 Å². The minimum absolute atomic E-state index is 0.475. The molecule has 0 saturated carbocycles. The number of rotatable bonds is 5. The third kappa shape index (κ3) is 4.73. The van der Waals surface area contributed by atoms with Crippen LogP contribution in [0.2, 0.25) is 5.02 Å². The van der Waals surface area contributed by atoms with Gasteiger partial charge in [-0.2, -0.15) is 11.8 Å². The van der Waals surface area contributed by atoms with Gasteiger partial charge in [0.1, 0.15) is 5.82 Å². The van der Waals surface area contributed by atoms with Crippen LogP contribution in [0.4, 0.5) is 5.82 Å². The van der Waals surface area contributed by atoms with Gasteiger partial charge in [-0.15, -0.1) is 0 Å². The van der Waals surface area contributed by atoms with E-state index in [0.29, 0.717) is 17.3 Å². The Bertz CT molecular complexity index is 303. The third-order valence-electron chi connectivity index (χ3n) is 1.83. The molecular formula is C10H15ClN2OS. The fraction of sp³-hybridized carbons (Fsp3) is 0.500. The number of pyridine rings is 1. The van der Waals surface area contributed by atoms with E-state index in [1.807, 2.05) is 6.26 Å². The van der Waals surface area contributed by atoms with Crippen LogP contribution < -0.4 is 5.32 Å². The summed E-state index contributed by atoms with van der Waals surface area (Å²) in [5.41, 5.74) is -0.721. The highest BCUT2D eigenvalue weighted by Gasteiger charge is 2.19. The zero-order valence-corrected chi connectivity index (χ0v) is 10.4. The molecule has 1 heterocycles. The second-order valence-corrected chi connectivity index (χ2v) is 4.95. The summed E-state index contributed by atoms with van der Waals surface area (Å²) in [6.45, 7) is 2.27. The molecule has 0 aromatic carbocycles. The van der Waals surface area contributed by atoms with Crippen molar-refractivity contribution in [1.82, 2.24) is 4.98 Å². The van der Waals surface area contributed by atoms with Crippen molar-refractivity contribution in [1.29, 1.82) is 0 Å². The van der Waals surface area contributed by atoms with Gasteiger partial charge in [0.05, 0.1) is 10.6 Å². The highest BCUT2D eigenvalue weighted by molar-refractivity contribution is 7.98. The van der Waals surface area contributed by atoms with Crippen molar-refractivity contribution >= 4 is 29.2 Å². The van der Waals surface area contributed by atoms with Gasteiger partial charge in [0.25, 0.3) is 0 Å². The van der Waals surface area contributed by atoms with Crippen molar-refractivity contribution in [3.05, 3.63) is 23.4 Å². The van der Waals surface area contributed by atoms with Gasteiger partial charge in [0.2, 0.25) is 0 Å². The number of aliphatic hydroxyl groups is 1. The first kappa shape index (κ1) is 12.6. The molecule has 5 heteroatoms. The molecular weight excluding hydrogens is 232 g/mol. The highest BCUT2D eigenvalue weighted by Crippen LogP contribution is 2.13. The molecule has 1 atom stereocenters. The minimum Gasteiger partial charge on any atom is -0.387 e. The maximum Gasteiger partial charge on any atom is 0.126 e. The molecule has 0 radical (unpaired) electrons. The topological polar surface area (TPSA) is 45.1 Å². The summed E-state index contributed by atoms with van der Waals surface area (Å²) in [5, 5.41) is 13.6. The largest absolute Gasteiger partial charge is 0.387 e. The summed E-state index contributed by atoms with van der Waals surface area (Å²) in [7, 11) is 0. The molecule has 2 N–H and O–H groups in total. The average molecular weight is 247 g/mol. The second-order valence-electron chi connectivity index (χ2n) is 3.65. The van der Waals surface area contributed by atoms with Crippen LogP contribution in [0.25, 0.3) is 0 Å². The van der Waals surface area contributed by atoms with E-state index in [-0.39, 0.29) is 0 Å². The summed E-state index contributed by atoms with van der Waals surface area (Å²) < 4.78 is 0. The molecule has 15 heavy (non-hydrogen) atoms. The van der Waals surface area contributed by atoms with Gasteiger partial charge in [-0.1, -0.05) is 11.6 Å². The van der Waals surface area contributed by atoms with Gasteiger partial charge < -0.3 is 10.4 Å². The average Bonchev–Trinajstić information content (AvgIpc) is 2.17. The molecule has 0 aliphatic heterocycles. The minimum atomic E-state index is -0.721. The Morgan fingerprint density at radius 2 is 2.33 bits per heavy atom. The summed E-state index contributed by atoms with van der Waals surface area (Å²) in [6.07, 6.45) is 3.54. The molecule has 0 aliphatic rings. The van der Waals surface area contributed by atoms with Gasteiger partial charge in [-0.05, 0) is 25.3 Å². The van der Waals surface area contributed by atoms with Crippen molar-refractivity contribution < 1.29 is 5.11 Å². The molecule has 0 unspecified atom stereocenters. The van der Waals surface area contributed by atoms with Crippen molar-refractivity contribution in [3.8, 4) is 0 Å². The smallest absolute Gasteiger partial charge is 0.126 e. The molecule has 0 bridgehead atoms. The zero-order valence-electron chi connectivity index (χ0n) is 8.83. The maximum absolute atomic E-state index is 9.89. The molecule has 0 amide bonds. The van der Waals surface area contributed by atoms with Crippen LogP contribution in [-0.2, 0) is 0 Å². The predicted octanol–water partition coefficient (Wildman–Crippen LogP) is 2.26. The van der Waals surface area contributed by atoms with E-state index in [2.05, 4.69) is 10.3 Å². The molecule has 0 fully saturated rings. The molecule has 1 rings (SSSR count). The number of nitrogens with zero attached hydrogens (tertiary/aromatic N) is 1. The third-order valence-corrected chi connectivity index (χ3v) is 2.97. The number of halogens is 1. The Labute approximate surface area is 99.2 Å². The van der Waals surface area contributed by atoms with Crippen molar-refractivity contribution in [2.24, 2.45) is 0 Å². The summed E-state index contributed by atoms with van der Waals surface area (Å²) in [5.74, 6) is 1.41. The summed E-state index contributed by atoms with van der Waals surface area (Å²) >= 11 is 7.32. The Morgan fingerprint density at radius 1 is 1.60 bits per heavy atom. The standard InChI is InChI=1S/C10H15ClN2OS/c1-10(14,7-15-2)6-13-9-4-3-8(11)5-12-9/h3-5,14H,6-7H2,1-2H3,(H,12,13)/t10-/m1/s1. The fourth-order valence-electron chi connectivity index (χ4n) is 1.12.